The maximum absolute atomic E-state index is 6.01. The topological polar surface area (TPSA) is 29.3 Å². The van der Waals surface area contributed by atoms with Gasteiger partial charge in [0.25, 0.3) is 0 Å². The average Bonchev–Trinajstić information content (AvgIpc) is 2.75. The van der Waals surface area contributed by atoms with Crippen LogP contribution in [-0.4, -0.2) is 24.5 Å². The standard InChI is InChI=1S/C15H26N2S/c1-12(2)13-5-3-8-17(9-7-13)14(11-16)15-6-4-10-18-15/h4,6,10,12-14H,3,5,7-9,11,16H2,1-2H3. The van der Waals surface area contributed by atoms with Gasteiger partial charge < -0.3 is 5.73 Å². The zero-order chi connectivity index (χ0) is 13.0. The zero-order valence-electron chi connectivity index (χ0n) is 11.6. The van der Waals surface area contributed by atoms with E-state index < -0.39 is 0 Å². The largest absolute Gasteiger partial charge is 0.329 e. The number of nitrogens with zero attached hydrogens (tertiary/aromatic N) is 1. The summed E-state index contributed by atoms with van der Waals surface area (Å²) in [4.78, 5) is 4.04. The number of nitrogens with two attached hydrogens (primary N) is 1. The van der Waals surface area contributed by atoms with Gasteiger partial charge in [0.2, 0.25) is 0 Å². The minimum absolute atomic E-state index is 0.441. The molecule has 0 saturated carbocycles. The van der Waals surface area contributed by atoms with Gasteiger partial charge in [0.05, 0.1) is 6.04 Å². The van der Waals surface area contributed by atoms with E-state index in [1.54, 1.807) is 0 Å². The summed E-state index contributed by atoms with van der Waals surface area (Å²) in [5.41, 5.74) is 6.01. The first-order valence-electron chi connectivity index (χ1n) is 7.20. The molecule has 0 bridgehead atoms. The van der Waals surface area contributed by atoms with Crippen LogP contribution in [0, 0.1) is 11.8 Å². The molecule has 1 saturated heterocycles. The predicted molar refractivity (Wildman–Crippen MR) is 79.9 cm³/mol. The Morgan fingerprint density at radius 2 is 2.22 bits per heavy atom. The molecule has 2 rings (SSSR count). The van der Waals surface area contributed by atoms with E-state index in [2.05, 4.69) is 36.3 Å². The lowest BCUT2D eigenvalue weighted by Gasteiger charge is -2.29. The molecule has 0 aliphatic carbocycles. The van der Waals surface area contributed by atoms with Crippen molar-refractivity contribution in [2.75, 3.05) is 19.6 Å². The third-order valence-electron chi connectivity index (χ3n) is 4.29. The lowest BCUT2D eigenvalue weighted by atomic mass is 9.89. The average molecular weight is 266 g/mol. The molecule has 1 aliphatic heterocycles. The molecule has 1 aromatic heterocycles. The van der Waals surface area contributed by atoms with Crippen LogP contribution in [0.15, 0.2) is 17.5 Å². The van der Waals surface area contributed by atoms with Crippen molar-refractivity contribution in [2.24, 2.45) is 17.6 Å². The summed E-state index contributed by atoms with van der Waals surface area (Å²) < 4.78 is 0. The second-order valence-electron chi connectivity index (χ2n) is 5.74. The van der Waals surface area contributed by atoms with Crippen LogP contribution in [0.5, 0.6) is 0 Å². The van der Waals surface area contributed by atoms with Gasteiger partial charge in [0, 0.05) is 11.4 Å². The van der Waals surface area contributed by atoms with E-state index in [0.29, 0.717) is 6.04 Å². The van der Waals surface area contributed by atoms with Crippen LogP contribution in [0.4, 0.5) is 0 Å². The normalized spacial score (nSPS) is 24.1. The van der Waals surface area contributed by atoms with Crippen molar-refractivity contribution in [2.45, 2.75) is 39.2 Å². The van der Waals surface area contributed by atoms with Gasteiger partial charge in [-0.15, -0.1) is 11.3 Å². The summed E-state index contributed by atoms with van der Waals surface area (Å²) in [6.07, 6.45) is 4.04. The van der Waals surface area contributed by atoms with E-state index in [9.17, 15) is 0 Å². The van der Waals surface area contributed by atoms with Crippen molar-refractivity contribution in [3.8, 4) is 0 Å². The van der Waals surface area contributed by atoms with E-state index >= 15 is 0 Å². The molecule has 0 spiro atoms. The maximum atomic E-state index is 6.01. The highest BCUT2D eigenvalue weighted by Gasteiger charge is 2.25. The summed E-state index contributed by atoms with van der Waals surface area (Å²) in [5, 5.41) is 2.16. The minimum Gasteiger partial charge on any atom is -0.329 e. The zero-order valence-corrected chi connectivity index (χ0v) is 12.5. The maximum Gasteiger partial charge on any atom is 0.0564 e. The molecule has 2 N–H and O–H groups in total. The molecular formula is C15H26N2S. The van der Waals surface area contributed by atoms with Gasteiger partial charge in [-0.2, -0.15) is 0 Å². The number of likely N-dealkylation sites (tertiary alicyclic amines) is 1. The van der Waals surface area contributed by atoms with Crippen LogP contribution in [0.2, 0.25) is 0 Å². The van der Waals surface area contributed by atoms with Crippen molar-refractivity contribution in [3.05, 3.63) is 22.4 Å². The van der Waals surface area contributed by atoms with E-state index in [4.69, 9.17) is 5.73 Å². The number of thiophene rings is 1. The molecular weight excluding hydrogens is 240 g/mol. The molecule has 1 fully saturated rings. The van der Waals surface area contributed by atoms with E-state index in [1.165, 1.54) is 37.2 Å². The minimum atomic E-state index is 0.441. The van der Waals surface area contributed by atoms with Gasteiger partial charge in [-0.05, 0) is 55.6 Å². The van der Waals surface area contributed by atoms with Crippen LogP contribution in [0.1, 0.15) is 44.0 Å². The van der Waals surface area contributed by atoms with Crippen molar-refractivity contribution in [3.63, 3.8) is 0 Å². The van der Waals surface area contributed by atoms with Crippen LogP contribution >= 0.6 is 11.3 Å². The number of hydrogen-bond donors (Lipinski definition) is 1. The molecule has 0 amide bonds. The number of hydrogen-bond acceptors (Lipinski definition) is 3. The Hall–Kier alpha value is -0.380. The SMILES string of the molecule is CC(C)C1CCCN(C(CN)c2cccs2)CC1. The Balaban J connectivity index is 2.00. The second kappa shape index (κ2) is 6.69. The Morgan fingerprint density at radius 1 is 1.39 bits per heavy atom. The Labute approximate surface area is 115 Å². The molecule has 2 nitrogen and oxygen atoms in total. The Morgan fingerprint density at radius 3 is 2.83 bits per heavy atom. The smallest absolute Gasteiger partial charge is 0.0564 e. The van der Waals surface area contributed by atoms with Crippen molar-refractivity contribution >= 4 is 11.3 Å². The molecule has 2 unspecified atom stereocenters. The molecule has 2 atom stereocenters. The first-order chi connectivity index (χ1) is 8.72. The van der Waals surface area contributed by atoms with Crippen molar-refractivity contribution in [1.82, 2.24) is 4.90 Å². The van der Waals surface area contributed by atoms with Gasteiger partial charge in [-0.25, -0.2) is 0 Å². The summed E-state index contributed by atoms with van der Waals surface area (Å²) in [6, 6.07) is 4.81. The lowest BCUT2D eigenvalue weighted by Crippen LogP contribution is -2.34. The lowest BCUT2D eigenvalue weighted by molar-refractivity contribution is 0.206. The molecule has 102 valence electrons. The molecule has 1 aromatic rings. The monoisotopic (exact) mass is 266 g/mol. The van der Waals surface area contributed by atoms with Crippen molar-refractivity contribution < 1.29 is 0 Å². The molecule has 0 radical (unpaired) electrons. The fourth-order valence-corrected chi connectivity index (χ4v) is 3.92. The summed E-state index contributed by atoms with van der Waals surface area (Å²) in [5.74, 6) is 1.72. The van der Waals surface area contributed by atoms with Crippen LogP contribution < -0.4 is 5.73 Å². The first-order valence-corrected chi connectivity index (χ1v) is 8.08. The van der Waals surface area contributed by atoms with E-state index in [-0.39, 0.29) is 0 Å². The molecule has 1 aliphatic rings. The fourth-order valence-electron chi connectivity index (χ4n) is 3.05. The van der Waals surface area contributed by atoms with Crippen LogP contribution in [0.3, 0.4) is 0 Å². The Kier molecular flexibility index (Phi) is 5.22. The third-order valence-corrected chi connectivity index (χ3v) is 5.26. The highest BCUT2D eigenvalue weighted by atomic mass is 32.1. The van der Waals surface area contributed by atoms with Gasteiger partial charge in [0.15, 0.2) is 0 Å². The summed E-state index contributed by atoms with van der Waals surface area (Å²) in [6.45, 7) is 7.89. The van der Waals surface area contributed by atoms with Crippen LogP contribution in [0.25, 0.3) is 0 Å². The van der Waals surface area contributed by atoms with Crippen molar-refractivity contribution in [1.29, 1.82) is 0 Å². The quantitative estimate of drug-likeness (QED) is 0.903. The van der Waals surface area contributed by atoms with E-state index in [0.717, 1.165) is 18.4 Å². The van der Waals surface area contributed by atoms with Gasteiger partial charge in [-0.1, -0.05) is 19.9 Å². The fraction of sp³-hybridized carbons (Fsp3) is 0.733. The highest BCUT2D eigenvalue weighted by Crippen LogP contribution is 2.30. The first kappa shape index (κ1) is 14.0. The third kappa shape index (κ3) is 3.34. The van der Waals surface area contributed by atoms with E-state index in [1.807, 2.05) is 11.3 Å². The predicted octanol–water partition coefficient (Wildman–Crippen LogP) is 3.51. The highest BCUT2D eigenvalue weighted by molar-refractivity contribution is 7.10. The van der Waals surface area contributed by atoms with Gasteiger partial charge in [-0.3, -0.25) is 4.90 Å². The molecule has 0 aromatic carbocycles. The van der Waals surface area contributed by atoms with Crippen LogP contribution in [-0.2, 0) is 0 Å². The molecule has 18 heavy (non-hydrogen) atoms. The second-order valence-corrected chi connectivity index (χ2v) is 6.72. The summed E-state index contributed by atoms with van der Waals surface area (Å²) >= 11 is 1.84. The molecule has 2 heterocycles. The van der Waals surface area contributed by atoms with Gasteiger partial charge >= 0.3 is 0 Å². The molecule has 3 heteroatoms. The van der Waals surface area contributed by atoms with Gasteiger partial charge in [0.1, 0.15) is 0 Å². The number of rotatable bonds is 4. The summed E-state index contributed by atoms with van der Waals surface area (Å²) in [7, 11) is 0. The Bertz CT molecular complexity index is 334.